The predicted molar refractivity (Wildman–Crippen MR) is 146 cm³/mol. The van der Waals surface area contributed by atoms with E-state index >= 15 is 0 Å². The number of rotatable bonds is 7. The van der Waals surface area contributed by atoms with E-state index in [1.165, 1.54) is 0 Å². The van der Waals surface area contributed by atoms with Gasteiger partial charge in [-0.15, -0.1) is 0 Å². The number of nitrogens with zero attached hydrogens (tertiary/aromatic N) is 4. The van der Waals surface area contributed by atoms with Gasteiger partial charge < -0.3 is 20.3 Å². The van der Waals surface area contributed by atoms with Crippen LogP contribution in [0.25, 0.3) is 10.9 Å². The van der Waals surface area contributed by atoms with Crippen LogP contribution >= 0.6 is 0 Å². The van der Waals surface area contributed by atoms with E-state index in [1.807, 2.05) is 74.4 Å². The molecule has 0 unspecified atom stereocenters. The van der Waals surface area contributed by atoms with Crippen LogP contribution in [0.1, 0.15) is 41.6 Å². The average Bonchev–Trinajstić information content (AvgIpc) is 2.91. The molecule has 0 bridgehead atoms. The third-order valence-electron chi connectivity index (χ3n) is 6.64. The minimum absolute atomic E-state index is 0.112. The van der Waals surface area contributed by atoms with E-state index in [2.05, 4.69) is 15.6 Å². The van der Waals surface area contributed by atoms with Crippen molar-refractivity contribution >= 4 is 28.6 Å². The lowest BCUT2D eigenvalue weighted by Crippen LogP contribution is -2.40. The molecule has 2 N–H and O–H groups in total. The maximum atomic E-state index is 12.8. The number of benzene rings is 2. The fourth-order valence-electron chi connectivity index (χ4n) is 4.60. The van der Waals surface area contributed by atoms with Crippen molar-refractivity contribution in [2.24, 2.45) is 0 Å². The Morgan fingerprint density at radius 3 is 2.35 bits per heavy atom. The van der Waals surface area contributed by atoms with Gasteiger partial charge in [-0.2, -0.15) is 4.98 Å². The lowest BCUT2D eigenvalue weighted by molar-refractivity contribution is 0.0926. The third-order valence-corrected chi connectivity index (χ3v) is 6.64. The second-order valence-corrected chi connectivity index (χ2v) is 9.75. The summed E-state index contributed by atoms with van der Waals surface area (Å²) in [5, 5.41) is 7.71. The van der Waals surface area contributed by atoms with Gasteiger partial charge in [-0.05, 0) is 62.9 Å². The molecule has 2 heterocycles. The molecule has 1 aliphatic rings. The maximum absolute atomic E-state index is 12.8. The highest BCUT2D eigenvalue weighted by atomic mass is 16.5. The van der Waals surface area contributed by atoms with E-state index in [0.717, 1.165) is 48.0 Å². The Morgan fingerprint density at radius 2 is 1.65 bits per heavy atom. The van der Waals surface area contributed by atoms with E-state index in [9.17, 15) is 4.79 Å². The van der Waals surface area contributed by atoms with Crippen molar-refractivity contribution in [1.29, 1.82) is 0 Å². The summed E-state index contributed by atoms with van der Waals surface area (Å²) in [6.45, 7) is 2.03. The molecule has 0 atom stereocenters. The molecule has 37 heavy (non-hydrogen) atoms. The van der Waals surface area contributed by atoms with E-state index in [1.54, 1.807) is 18.3 Å². The van der Waals surface area contributed by atoms with E-state index < -0.39 is 0 Å². The molecular weight excluding hydrogens is 464 g/mol. The van der Waals surface area contributed by atoms with Crippen molar-refractivity contribution in [3.05, 3.63) is 78.0 Å². The summed E-state index contributed by atoms with van der Waals surface area (Å²) in [7, 11) is 3.99. The normalized spacial score (nSPS) is 17.3. The Labute approximate surface area is 217 Å². The van der Waals surface area contributed by atoms with Crippen LogP contribution in [0.3, 0.4) is 0 Å². The maximum Gasteiger partial charge on any atom is 0.253 e. The first kappa shape index (κ1) is 24.5. The average molecular weight is 497 g/mol. The zero-order valence-corrected chi connectivity index (χ0v) is 21.4. The summed E-state index contributed by atoms with van der Waals surface area (Å²) in [6, 6.07) is 19.7. The Kier molecular flexibility index (Phi) is 7.16. The number of hydrogen-bond donors (Lipinski definition) is 2. The highest BCUT2D eigenvalue weighted by molar-refractivity contribution is 5.94. The van der Waals surface area contributed by atoms with Crippen LogP contribution < -0.4 is 20.3 Å². The molecule has 1 aliphatic carbocycles. The zero-order chi connectivity index (χ0) is 25.8. The summed E-state index contributed by atoms with van der Waals surface area (Å²) in [6.07, 6.45) is 5.20. The van der Waals surface area contributed by atoms with Gasteiger partial charge in [0.1, 0.15) is 11.6 Å². The number of carbonyl (C=O) groups excluding carboxylic acids is 1. The third kappa shape index (κ3) is 5.97. The number of ether oxygens (including phenoxy) is 1. The minimum atomic E-state index is -0.112. The number of aromatic nitrogens is 3. The number of para-hydroxylation sites is 1. The summed E-state index contributed by atoms with van der Waals surface area (Å²) >= 11 is 0. The summed E-state index contributed by atoms with van der Waals surface area (Å²) < 4.78 is 5.76. The number of amides is 1. The highest BCUT2D eigenvalue weighted by Crippen LogP contribution is 2.26. The number of nitrogens with one attached hydrogen (secondary N) is 2. The number of hydrogen-bond acceptors (Lipinski definition) is 7. The van der Waals surface area contributed by atoms with Crippen LogP contribution in [0.15, 0.2) is 66.9 Å². The second-order valence-electron chi connectivity index (χ2n) is 9.75. The predicted octanol–water partition coefficient (Wildman–Crippen LogP) is 5.34. The Balaban J connectivity index is 1.14. The van der Waals surface area contributed by atoms with Crippen molar-refractivity contribution in [3.8, 4) is 11.6 Å². The van der Waals surface area contributed by atoms with Gasteiger partial charge in [0.15, 0.2) is 0 Å². The fraction of sp³-hybridized carbons (Fsp3) is 0.310. The molecule has 8 heteroatoms. The van der Waals surface area contributed by atoms with Gasteiger partial charge in [0.25, 0.3) is 5.91 Å². The second kappa shape index (κ2) is 10.8. The van der Waals surface area contributed by atoms with Crippen molar-refractivity contribution in [2.45, 2.75) is 44.7 Å². The van der Waals surface area contributed by atoms with E-state index in [0.29, 0.717) is 23.1 Å². The van der Waals surface area contributed by atoms with Crippen LogP contribution in [0, 0.1) is 6.92 Å². The number of anilines is 2. The lowest BCUT2D eigenvalue weighted by atomic mass is 9.91. The molecule has 5 rings (SSSR count). The van der Waals surface area contributed by atoms with Crippen molar-refractivity contribution in [1.82, 2.24) is 20.3 Å². The van der Waals surface area contributed by atoms with Gasteiger partial charge in [-0.25, -0.2) is 9.97 Å². The summed E-state index contributed by atoms with van der Waals surface area (Å²) in [5.41, 5.74) is 2.61. The van der Waals surface area contributed by atoms with Crippen LogP contribution in [0.4, 0.5) is 11.8 Å². The first-order valence-electron chi connectivity index (χ1n) is 12.7. The Hall–Kier alpha value is -4.20. The molecule has 0 radical (unpaired) electrons. The number of pyridine rings is 1. The SMILES string of the molecule is Cc1ccc(Oc2ccc(C(=O)N[C@H]3CC[C@@H](Nc4nc(N(C)C)c5ccccc5n4)CC3)cn2)cc1. The molecule has 0 saturated heterocycles. The molecule has 2 aromatic heterocycles. The van der Waals surface area contributed by atoms with Crippen molar-refractivity contribution in [2.75, 3.05) is 24.3 Å². The van der Waals surface area contributed by atoms with E-state index in [4.69, 9.17) is 14.7 Å². The molecule has 190 valence electrons. The zero-order valence-electron chi connectivity index (χ0n) is 21.4. The van der Waals surface area contributed by atoms with Gasteiger partial charge in [0, 0.05) is 43.8 Å². The molecule has 8 nitrogen and oxygen atoms in total. The fourth-order valence-corrected chi connectivity index (χ4v) is 4.60. The lowest BCUT2D eigenvalue weighted by Gasteiger charge is -2.30. The van der Waals surface area contributed by atoms with Crippen molar-refractivity contribution in [3.63, 3.8) is 0 Å². The molecule has 1 saturated carbocycles. The molecule has 1 amide bonds. The molecule has 0 spiro atoms. The van der Waals surface area contributed by atoms with Gasteiger partial charge in [-0.3, -0.25) is 4.79 Å². The highest BCUT2D eigenvalue weighted by Gasteiger charge is 2.24. The molecule has 2 aromatic carbocycles. The number of carbonyl (C=O) groups is 1. The monoisotopic (exact) mass is 496 g/mol. The molecule has 0 aliphatic heterocycles. The van der Waals surface area contributed by atoms with Gasteiger partial charge >= 0.3 is 0 Å². The largest absolute Gasteiger partial charge is 0.439 e. The standard InChI is InChI=1S/C29H32N6O2/c1-19-8-15-23(16-9-19)37-26-17-10-20(18-30-26)28(36)31-21-11-13-22(14-12-21)32-29-33-25-7-5-4-6-24(25)27(34-29)35(2)3/h4-10,15-18,21-22H,11-14H2,1-3H3,(H,31,36)(H,32,33,34)/t21-,22+. The quantitative estimate of drug-likeness (QED) is 0.357. The minimum Gasteiger partial charge on any atom is -0.439 e. The molecule has 1 fully saturated rings. The Bertz CT molecular complexity index is 1360. The van der Waals surface area contributed by atoms with E-state index in [-0.39, 0.29) is 18.0 Å². The van der Waals surface area contributed by atoms with Crippen LogP contribution in [-0.2, 0) is 0 Å². The first-order chi connectivity index (χ1) is 17.9. The molecule has 4 aromatic rings. The van der Waals surface area contributed by atoms with Gasteiger partial charge in [0.2, 0.25) is 11.8 Å². The smallest absolute Gasteiger partial charge is 0.253 e. The Morgan fingerprint density at radius 1 is 0.919 bits per heavy atom. The van der Waals surface area contributed by atoms with Crippen LogP contribution in [-0.4, -0.2) is 47.0 Å². The number of aryl methyl sites for hydroxylation is 1. The van der Waals surface area contributed by atoms with Crippen LogP contribution in [0.2, 0.25) is 0 Å². The first-order valence-corrected chi connectivity index (χ1v) is 12.7. The summed E-state index contributed by atoms with van der Waals surface area (Å²) in [5.74, 6) is 2.61. The topological polar surface area (TPSA) is 92.3 Å². The van der Waals surface area contributed by atoms with Crippen molar-refractivity contribution < 1.29 is 9.53 Å². The van der Waals surface area contributed by atoms with Crippen LogP contribution in [0.5, 0.6) is 11.6 Å². The molecular formula is C29H32N6O2. The van der Waals surface area contributed by atoms with Gasteiger partial charge in [0.05, 0.1) is 11.1 Å². The number of fused-ring (bicyclic) bond motifs is 1. The summed E-state index contributed by atoms with van der Waals surface area (Å²) in [4.78, 5) is 28.6. The van der Waals surface area contributed by atoms with Gasteiger partial charge in [-0.1, -0.05) is 29.8 Å².